The number of nitrogens with one attached hydrogen (secondary N) is 1. The Balaban J connectivity index is 1.89. The predicted octanol–water partition coefficient (Wildman–Crippen LogP) is 2.80. The maximum atomic E-state index is 4.28. The van der Waals surface area contributed by atoms with Crippen LogP contribution >= 0.6 is 0 Å². The van der Waals surface area contributed by atoms with E-state index in [0.29, 0.717) is 5.41 Å². The first-order chi connectivity index (χ1) is 7.20. The second kappa shape index (κ2) is 4.25. The van der Waals surface area contributed by atoms with Gasteiger partial charge in [0.1, 0.15) is 0 Å². The fourth-order valence-electron chi connectivity index (χ4n) is 2.41. The number of aromatic nitrogens is 2. The molecule has 3 heteroatoms. The molecule has 0 radical (unpaired) electrons. The standard InChI is InChI=1S/C12H21N3/c1-12(6-4-3-5-7-12)10-14-11-13-8-9-15(11)2/h8-9H,3-7,10H2,1-2H3,(H,13,14). The highest BCUT2D eigenvalue weighted by Crippen LogP contribution is 2.35. The number of anilines is 1. The lowest BCUT2D eigenvalue weighted by molar-refractivity contribution is 0.233. The fraction of sp³-hybridized carbons (Fsp3) is 0.750. The molecule has 1 aromatic heterocycles. The van der Waals surface area contributed by atoms with Gasteiger partial charge in [-0.25, -0.2) is 4.98 Å². The van der Waals surface area contributed by atoms with Crippen LogP contribution in [0, 0.1) is 5.41 Å². The maximum Gasteiger partial charge on any atom is 0.202 e. The smallest absolute Gasteiger partial charge is 0.202 e. The number of aryl methyl sites for hydroxylation is 1. The van der Waals surface area contributed by atoms with Gasteiger partial charge in [-0.15, -0.1) is 0 Å². The molecule has 0 amide bonds. The maximum absolute atomic E-state index is 4.28. The number of imidazole rings is 1. The molecule has 1 aliphatic carbocycles. The minimum Gasteiger partial charge on any atom is -0.355 e. The zero-order valence-corrected chi connectivity index (χ0v) is 9.79. The molecule has 0 unspecified atom stereocenters. The van der Waals surface area contributed by atoms with E-state index in [1.807, 2.05) is 24.0 Å². The van der Waals surface area contributed by atoms with E-state index in [0.717, 1.165) is 12.5 Å². The minimum absolute atomic E-state index is 0.476. The van der Waals surface area contributed by atoms with Gasteiger partial charge in [0.05, 0.1) is 0 Å². The van der Waals surface area contributed by atoms with E-state index in [4.69, 9.17) is 0 Å². The summed E-state index contributed by atoms with van der Waals surface area (Å²) < 4.78 is 2.03. The highest BCUT2D eigenvalue weighted by molar-refractivity contribution is 5.25. The first kappa shape index (κ1) is 10.5. The molecule has 1 fully saturated rings. The van der Waals surface area contributed by atoms with E-state index in [9.17, 15) is 0 Å². The molecule has 0 aliphatic heterocycles. The first-order valence-corrected chi connectivity index (χ1v) is 5.91. The molecule has 1 aliphatic rings. The zero-order chi connectivity index (χ0) is 10.7. The second-order valence-corrected chi connectivity index (χ2v) is 5.09. The Morgan fingerprint density at radius 3 is 2.73 bits per heavy atom. The molecular weight excluding hydrogens is 186 g/mol. The van der Waals surface area contributed by atoms with Gasteiger partial charge in [0.15, 0.2) is 0 Å². The second-order valence-electron chi connectivity index (χ2n) is 5.09. The molecule has 3 nitrogen and oxygen atoms in total. The number of hydrogen-bond donors (Lipinski definition) is 1. The Kier molecular flexibility index (Phi) is 2.98. The van der Waals surface area contributed by atoms with Crippen molar-refractivity contribution in [2.45, 2.75) is 39.0 Å². The normalized spacial score (nSPS) is 20.1. The molecule has 1 N–H and O–H groups in total. The molecule has 1 heterocycles. The van der Waals surface area contributed by atoms with Crippen LogP contribution in [0.1, 0.15) is 39.0 Å². The third kappa shape index (κ3) is 2.52. The van der Waals surface area contributed by atoms with Gasteiger partial charge >= 0.3 is 0 Å². The first-order valence-electron chi connectivity index (χ1n) is 5.91. The summed E-state index contributed by atoms with van der Waals surface area (Å²) in [5.74, 6) is 0.988. The molecule has 1 saturated carbocycles. The van der Waals surface area contributed by atoms with E-state index in [-0.39, 0.29) is 0 Å². The predicted molar refractivity (Wildman–Crippen MR) is 62.9 cm³/mol. The van der Waals surface area contributed by atoms with E-state index in [1.165, 1.54) is 32.1 Å². The molecule has 2 rings (SSSR count). The van der Waals surface area contributed by atoms with Crippen LogP contribution in [0.5, 0.6) is 0 Å². The van der Waals surface area contributed by atoms with Crippen LogP contribution in [0.4, 0.5) is 5.95 Å². The third-order valence-corrected chi connectivity index (χ3v) is 3.56. The van der Waals surface area contributed by atoms with Crippen molar-refractivity contribution in [3.8, 4) is 0 Å². The van der Waals surface area contributed by atoms with Gasteiger partial charge in [0.2, 0.25) is 5.95 Å². The highest BCUT2D eigenvalue weighted by Gasteiger charge is 2.26. The van der Waals surface area contributed by atoms with Gasteiger partial charge in [-0.05, 0) is 18.3 Å². The van der Waals surface area contributed by atoms with Crippen molar-refractivity contribution < 1.29 is 0 Å². The topological polar surface area (TPSA) is 29.9 Å². The van der Waals surface area contributed by atoms with Gasteiger partial charge in [-0.3, -0.25) is 0 Å². The van der Waals surface area contributed by atoms with Crippen LogP contribution in [0.2, 0.25) is 0 Å². The van der Waals surface area contributed by atoms with Crippen molar-refractivity contribution in [2.24, 2.45) is 12.5 Å². The summed E-state index contributed by atoms with van der Waals surface area (Å²) in [4.78, 5) is 4.28. The van der Waals surface area contributed by atoms with Gasteiger partial charge < -0.3 is 9.88 Å². The molecule has 0 spiro atoms. The molecule has 84 valence electrons. The summed E-state index contributed by atoms with van der Waals surface area (Å²) >= 11 is 0. The lowest BCUT2D eigenvalue weighted by Gasteiger charge is -2.33. The number of nitrogens with zero attached hydrogens (tertiary/aromatic N) is 2. The zero-order valence-electron chi connectivity index (χ0n) is 9.79. The number of hydrogen-bond acceptors (Lipinski definition) is 2. The largest absolute Gasteiger partial charge is 0.355 e. The molecule has 1 aromatic rings. The van der Waals surface area contributed by atoms with Crippen LogP contribution in [-0.4, -0.2) is 16.1 Å². The SMILES string of the molecule is Cn1ccnc1NCC1(C)CCCCC1. The highest BCUT2D eigenvalue weighted by atomic mass is 15.2. The van der Waals surface area contributed by atoms with Crippen LogP contribution in [0.3, 0.4) is 0 Å². The minimum atomic E-state index is 0.476. The third-order valence-electron chi connectivity index (χ3n) is 3.56. The molecule has 15 heavy (non-hydrogen) atoms. The Bertz CT molecular complexity index is 310. The van der Waals surface area contributed by atoms with Crippen molar-refractivity contribution in [2.75, 3.05) is 11.9 Å². The van der Waals surface area contributed by atoms with Gasteiger partial charge in [0, 0.05) is 26.0 Å². The van der Waals surface area contributed by atoms with Crippen molar-refractivity contribution in [3.05, 3.63) is 12.4 Å². The van der Waals surface area contributed by atoms with Crippen molar-refractivity contribution in [1.29, 1.82) is 0 Å². The van der Waals surface area contributed by atoms with Crippen LogP contribution in [0.15, 0.2) is 12.4 Å². The van der Waals surface area contributed by atoms with Crippen LogP contribution in [0.25, 0.3) is 0 Å². The number of rotatable bonds is 3. The summed E-state index contributed by atoms with van der Waals surface area (Å²) in [5, 5.41) is 3.46. The van der Waals surface area contributed by atoms with Crippen molar-refractivity contribution in [3.63, 3.8) is 0 Å². The van der Waals surface area contributed by atoms with Gasteiger partial charge in [0.25, 0.3) is 0 Å². The Morgan fingerprint density at radius 2 is 2.13 bits per heavy atom. The fourth-order valence-corrected chi connectivity index (χ4v) is 2.41. The Labute approximate surface area is 91.9 Å². The summed E-state index contributed by atoms with van der Waals surface area (Å²) in [6.45, 7) is 3.44. The van der Waals surface area contributed by atoms with Crippen LogP contribution in [-0.2, 0) is 7.05 Å². The summed E-state index contributed by atoms with van der Waals surface area (Å²) in [6.07, 6.45) is 10.7. The lowest BCUT2D eigenvalue weighted by Crippen LogP contribution is -2.29. The molecule has 0 aromatic carbocycles. The van der Waals surface area contributed by atoms with E-state index in [2.05, 4.69) is 17.2 Å². The molecule has 0 saturated heterocycles. The molecule has 0 bridgehead atoms. The van der Waals surface area contributed by atoms with E-state index in [1.54, 1.807) is 0 Å². The monoisotopic (exact) mass is 207 g/mol. The summed E-state index contributed by atoms with van der Waals surface area (Å²) in [5.41, 5.74) is 0.476. The molecule has 0 atom stereocenters. The van der Waals surface area contributed by atoms with Crippen molar-refractivity contribution in [1.82, 2.24) is 9.55 Å². The van der Waals surface area contributed by atoms with Gasteiger partial charge in [-0.1, -0.05) is 26.2 Å². The molecular formula is C12H21N3. The summed E-state index contributed by atoms with van der Waals surface area (Å²) in [7, 11) is 2.03. The van der Waals surface area contributed by atoms with Crippen molar-refractivity contribution >= 4 is 5.95 Å². The van der Waals surface area contributed by atoms with Gasteiger partial charge in [-0.2, -0.15) is 0 Å². The van der Waals surface area contributed by atoms with E-state index < -0.39 is 0 Å². The van der Waals surface area contributed by atoms with E-state index >= 15 is 0 Å². The average molecular weight is 207 g/mol. The summed E-state index contributed by atoms with van der Waals surface area (Å²) in [6, 6.07) is 0. The Morgan fingerprint density at radius 1 is 1.40 bits per heavy atom. The lowest BCUT2D eigenvalue weighted by atomic mass is 9.76. The quantitative estimate of drug-likeness (QED) is 0.826. The Hall–Kier alpha value is -0.990. The average Bonchev–Trinajstić information content (AvgIpc) is 2.62. The van der Waals surface area contributed by atoms with Crippen LogP contribution < -0.4 is 5.32 Å².